The van der Waals surface area contributed by atoms with Gasteiger partial charge in [-0.05, 0) is 17.7 Å². The predicted molar refractivity (Wildman–Crippen MR) is 80.2 cm³/mol. The van der Waals surface area contributed by atoms with Gasteiger partial charge in [0.25, 0.3) is 0 Å². The van der Waals surface area contributed by atoms with Crippen molar-refractivity contribution in [1.29, 1.82) is 0 Å². The molecule has 0 spiro atoms. The summed E-state index contributed by atoms with van der Waals surface area (Å²) in [4.78, 5) is 4.60. The molecule has 1 heterocycles. The zero-order chi connectivity index (χ0) is 13.8. The van der Waals surface area contributed by atoms with Gasteiger partial charge in [0.05, 0.1) is 11.2 Å². The van der Waals surface area contributed by atoms with Crippen LogP contribution in [0.1, 0.15) is 11.3 Å². The molecule has 98 valence electrons. The number of oxime groups is 1. The van der Waals surface area contributed by atoms with Crippen molar-refractivity contribution in [3.63, 3.8) is 0 Å². The third kappa shape index (κ3) is 2.52. The van der Waals surface area contributed by atoms with E-state index in [1.807, 2.05) is 66.7 Å². The molecule has 0 atom stereocenters. The lowest BCUT2D eigenvalue weighted by Crippen LogP contribution is -2.06. The monoisotopic (exact) mass is 262 g/mol. The Balaban J connectivity index is 1.92. The van der Waals surface area contributed by atoms with Crippen LogP contribution in [0.5, 0.6) is 0 Å². The lowest BCUT2D eigenvalue weighted by Gasteiger charge is -2.05. The zero-order valence-electron chi connectivity index (χ0n) is 10.9. The van der Waals surface area contributed by atoms with Crippen molar-refractivity contribution < 1.29 is 5.21 Å². The molecule has 0 aliphatic carbocycles. The Bertz CT molecular complexity index is 751. The minimum absolute atomic E-state index is 0.505. The standard InChI is InChI=1S/C17H14N2O/c20-19-17(13-6-2-1-3-7-13)12-15-11-10-14-8-4-5-9-16(14)18-15/h1-11,20H,12H2/b19-17-. The fraction of sp³-hybridized carbons (Fsp3) is 0.0588. The fourth-order valence-electron chi connectivity index (χ4n) is 2.20. The van der Waals surface area contributed by atoms with E-state index in [1.165, 1.54) is 0 Å². The van der Waals surface area contributed by atoms with E-state index in [2.05, 4.69) is 10.1 Å². The van der Waals surface area contributed by atoms with Crippen molar-refractivity contribution in [2.75, 3.05) is 0 Å². The van der Waals surface area contributed by atoms with Crippen LogP contribution in [0.4, 0.5) is 0 Å². The Morgan fingerprint density at radius 2 is 1.65 bits per heavy atom. The molecule has 20 heavy (non-hydrogen) atoms. The van der Waals surface area contributed by atoms with Crippen LogP contribution >= 0.6 is 0 Å². The Morgan fingerprint density at radius 1 is 0.900 bits per heavy atom. The van der Waals surface area contributed by atoms with E-state index in [0.29, 0.717) is 12.1 Å². The number of hydrogen-bond donors (Lipinski definition) is 1. The molecule has 2 aromatic carbocycles. The largest absolute Gasteiger partial charge is 0.411 e. The molecule has 0 amide bonds. The summed E-state index contributed by atoms with van der Waals surface area (Å²) < 4.78 is 0. The Kier molecular flexibility index (Phi) is 3.42. The molecule has 3 aromatic rings. The molecule has 3 nitrogen and oxygen atoms in total. The lowest BCUT2D eigenvalue weighted by atomic mass is 10.0. The van der Waals surface area contributed by atoms with Gasteiger partial charge in [-0.2, -0.15) is 0 Å². The molecule has 0 unspecified atom stereocenters. The summed E-state index contributed by atoms with van der Waals surface area (Å²) in [6.07, 6.45) is 0.505. The number of aromatic nitrogens is 1. The molecule has 0 aliphatic heterocycles. The van der Waals surface area contributed by atoms with Crippen LogP contribution in [-0.4, -0.2) is 15.9 Å². The smallest absolute Gasteiger partial charge is 0.0927 e. The number of hydrogen-bond acceptors (Lipinski definition) is 3. The number of pyridine rings is 1. The zero-order valence-corrected chi connectivity index (χ0v) is 10.9. The van der Waals surface area contributed by atoms with Crippen LogP contribution in [0.3, 0.4) is 0 Å². The van der Waals surface area contributed by atoms with E-state index in [4.69, 9.17) is 0 Å². The normalized spacial score (nSPS) is 11.7. The van der Waals surface area contributed by atoms with Crippen molar-refractivity contribution in [3.05, 3.63) is 78.0 Å². The van der Waals surface area contributed by atoms with Gasteiger partial charge in [-0.3, -0.25) is 4.98 Å². The number of benzene rings is 2. The third-order valence-corrected chi connectivity index (χ3v) is 3.23. The molecule has 0 saturated heterocycles. The average Bonchev–Trinajstić information content (AvgIpc) is 2.53. The molecule has 0 aliphatic rings. The van der Waals surface area contributed by atoms with E-state index < -0.39 is 0 Å². The van der Waals surface area contributed by atoms with Crippen molar-refractivity contribution in [3.8, 4) is 0 Å². The first-order chi connectivity index (χ1) is 9.86. The highest BCUT2D eigenvalue weighted by molar-refractivity contribution is 6.01. The maximum atomic E-state index is 9.21. The highest BCUT2D eigenvalue weighted by atomic mass is 16.4. The first kappa shape index (κ1) is 12.4. The fourth-order valence-corrected chi connectivity index (χ4v) is 2.20. The summed E-state index contributed by atoms with van der Waals surface area (Å²) in [6, 6.07) is 21.6. The van der Waals surface area contributed by atoms with Crippen LogP contribution in [0.15, 0.2) is 71.9 Å². The molecular formula is C17H14N2O. The summed E-state index contributed by atoms with van der Waals surface area (Å²) in [5.41, 5.74) is 3.37. The van der Waals surface area contributed by atoms with Crippen LogP contribution in [0, 0.1) is 0 Å². The molecule has 0 bridgehead atoms. The maximum Gasteiger partial charge on any atom is 0.0927 e. The minimum atomic E-state index is 0.505. The average molecular weight is 262 g/mol. The van der Waals surface area contributed by atoms with Gasteiger partial charge >= 0.3 is 0 Å². The molecule has 0 fully saturated rings. The summed E-state index contributed by atoms with van der Waals surface area (Å²) >= 11 is 0. The Hall–Kier alpha value is -2.68. The molecule has 0 radical (unpaired) electrons. The molecule has 0 saturated carbocycles. The van der Waals surface area contributed by atoms with E-state index in [9.17, 15) is 5.21 Å². The molecule has 1 N–H and O–H groups in total. The second-order valence-electron chi connectivity index (χ2n) is 4.58. The van der Waals surface area contributed by atoms with Crippen molar-refractivity contribution in [2.24, 2.45) is 5.16 Å². The Labute approximate surface area is 117 Å². The van der Waals surface area contributed by atoms with Crippen molar-refractivity contribution in [1.82, 2.24) is 4.98 Å². The summed E-state index contributed by atoms with van der Waals surface area (Å²) in [7, 11) is 0. The maximum absolute atomic E-state index is 9.21. The van der Waals surface area contributed by atoms with Crippen LogP contribution in [-0.2, 0) is 6.42 Å². The van der Waals surface area contributed by atoms with Gasteiger partial charge < -0.3 is 5.21 Å². The first-order valence-electron chi connectivity index (χ1n) is 6.48. The van der Waals surface area contributed by atoms with Crippen molar-refractivity contribution >= 4 is 16.6 Å². The molecule has 3 heteroatoms. The summed E-state index contributed by atoms with van der Waals surface area (Å²) in [5, 5.41) is 13.7. The van der Waals surface area contributed by atoms with E-state index in [0.717, 1.165) is 22.2 Å². The van der Waals surface area contributed by atoms with E-state index >= 15 is 0 Å². The second-order valence-corrected chi connectivity index (χ2v) is 4.58. The van der Waals surface area contributed by atoms with E-state index in [-0.39, 0.29) is 0 Å². The topological polar surface area (TPSA) is 45.5 Å². The number of fused-ring (bicyclic) bond motifs is 1. The van der Waals surface area contributed by atoms with Gasteiger partial charge in [-0.15, -0.1) is 0 Å². The van der Waals surface area contributed by atoms with Crippen molar-refractivity contribution in [2.45, 2.75) is 6.42 Å². The van der Waals surface area contributed by atoms with Gasteiger partial charge in [-0.1, -0.05) is 59.8 Å². The lowest BCUT2D eigenvalue weighted by molar-refractivity contribution is 0.318. The SMILES string of the molecule is O/N=C(/Cc1ccc2ccccc2n1)c1ccccc1. The van der Waals surface area contributed by atoms with Gasteiger partial charge in [-0.25, -0.2) is 0 Å². The van der Waals surface area contributed by atoms with Crippen LogP contribution in [0.25, 0.3) is 10.9 Å². The highest BCUT2D eigenvalue weighted by Gasteiger charge is 2.07. The summed E-state index contributed by atoms with van der Waals surface area (Å²) in [6.45, 7) is 0. The summed E-state index contributed by atoms with van der Waals surface area (Å²) in [5.74, 6) is 0. The quantitative estimate of drug-likeness (QED) is 0.445. The number of nitrogens with zero attached hydrogens (tertiary/aromatic N) is 2. The Morgan fingerprint density at radius 3 is 2.45 bits per heavy atom. The molecule has 1 aromatic heterocycles. The predicted octanol–water partition coefficient (Wildman–Crippen LogP) is 3.66. The van der Waals surface area contributed by atoms with Crippen LogP contribution in [0.2, 0.25) is 0 Å². The van der Waals surface area contributed by atoms with E-state index in [1.54, 1.807) is 0 Å². The molecule has 3 rings (SSSR count). The van der Waals surface area contributed by atoms with Gasteiger partial charge in [0.15, 0.2) is 0 Å². The highest BCUT2D eigenvalue weighted by Crippen LogP contribution is 2.13. The number of rotatable bonds is 3. The van der Waals surface area contributed by atoms with Gasteiger partial charge in [0.1, 0.15) is 0 Å². The first-order valence-corrected chi connectivity index (χ1v) is 6.48. The second kappa shape index (κ2) is 5.53. The van der Waals surface area contributed by atoms with Gasteiger partial charge in [0.2, 0.25) is 0 Å². The molecular weight excluding hydrogens is 248 g/mol. The minimum Gasteiger partial charge on any atom is -0.411 e. The van der Waals surface area contributed by atoms with Crippen LogP contribution < -0.4 is 0 Å². The third-order valence-electron chi connectivity index (χ3n) is 3.23. The van der Waals surface area contributed by atoms with Gasteiger partial charge in [0, 0.05) is 17.5 Å². The number of para-hydroxylation sites is 1.